The number of hydrogen-bond donors (Lipinski definition) is 2. The van der Waals surface area contributed by atoms with Crippen LogP contribution in [-0.2, 0) is 37.3 Å². The molecule has 0 saturated heterocycles. The number of ether oxygens (including phenoxy) is 1. The molecule has 0 amide bonds. The van der Waals surface area contributed by atoms with Crippen molar-refractivity contribution in [2.24, 2.45) is 0 Å². The molecule has 0 aromatic carbocycles. The van der Waals surface area contributed by atoms with Crippen molar-refractivity contribution in [3.05, 3.63) is 0 Å². The third-order valence-corrected chi connectivity index (χ3v) is 1.29. The molecule has 5 nitrogen and oxygen atoms in total. The van der Waals surface area contributed by atoms with Crippen molar-refractivity contribution >= 4 is 17.0 Å². The van der Waals surface area contributed by atoms with E-state index in [9.17, 15) is 4.79 Å². The van der Waals surface area contributed by atoms with Gasteiger partial charge in [0, 0.05) is 23.2 Å². The maximum Gasteiger partial charge on any atom is 0.305 e. The van der Waals surface area contributed by atoms with E-state index in [4.69, 9.17) is 17.7 Å². The molecule has 0 aliphatic heterocycles. The number of carbonyl (C=O) groups excluding carboxylic acids is 1. The topological polar surface area (TPSA) is 80.7 Å². The fraction of sp³-hybridized carbons (Fsp3) is 0.875. The third-order valence-electron chi connectivity index (χ3n) is 1.29. The van der Waals surface area contributed by atoms with E-state index in [1.165, 1.54) is 0 Å². The average Bonchev–Trinajstić information content (AvgIpc) is 2.04. The van der Waals surface area contributed by atoms with E-state index >= 15 is 0 Å². The van der Waals surface area contributed by atoms with Gasteiger partial charge in [-0.05, 0) is 13.3 Å². The first kappa shape index (κ1) is 20.3. The molecule has 7 heteroatoms. The van der Waals surface area contributed by atoms with Gasteiger partial charge in [-0.2, -0.15) is 0 Å². The Hall–Kier alpha value is -0.114. The zero-order chi connectivity index (χ0) is 11.4. The summed E-state index contributed by atoms with van der Waals surface area (Å²) >= 11 is 0. The molecule has 0 bridgehead atoms. The maximum atomic E-state index is 10.7. The number of rotatable bonds is 5. The molecule has 1 N–H and O–H groups in total. The van der Waals surface area contributed by atoms with Crippen molar-refractivity contribution < 1.29 is 39.3 Å². The van der Waals surface area contributed by atoms with E-state index in [-0.39, 0.29) is 22.7 Å². The standard InChI is InChI=1S/C8H16O2.Co.H2O3S/c1-3-5-6-7-8(9)10-4-2;;1-4(2)3/h3-7H2,1-2H3;;4H,(H,1,2,3). The molecule has 0 aliphatic carbocycles. The molecule has 1 radical (unpaired) electrons. The van der Waals surface area contributed by atoms with Gasteiger partial charge in [0.05, 0.1) is 6.61 Å². The van der Waals surface area contributed by atoms with Crippen LogP contribution in [0.1, 0.15) is 39.5 Å². The second-order valence-corrected chi connectivity index (χ2v) is 2.98. The van der Waals surface area contributed by atoms with Crippen molar-refractivity contribution in [1.29, 1.82) is 0 Å². The molecule has 0 aliphatic rings. The van der Waals surface area contributed by atoms with Gasteiger partial charge in [0.1, 0.15) is 0 Å². The fourth-order valence-corrected chi connectivity index (χ4v) is 0.752. The van der Waals surface area contributed by atoms with E-state index in [0.29, 0.717) is 13.0 Å². The number of carbonyl (C=O) groups is 1. The second kappa shape index (κ2) is 16.3. The zero-order valence-corrected chi connectivity index (χ0v) is 10.8. The van der Waals surface area contributed by atoms with E-state index < -0.39 is 11.0 Å². The minimum absolute atomic E-state index is 0. The Bertz CT molecular complexity index is 197. The van der Waals surface area contributed by atoms with Gasteiger partial charge in [0.2, 0.25) is 0 Å². The van der Waals surface area contributed by atoms with Crippen molar-refractivity contribution in [3.8, 4) is 0 Å². The van der Waals surface area contributed by atoms with Crippen LogP contribution in [-0.4, -0.2) is 25.5 Å². The number of thiol groups is 1. The quantitative estimate of drug-likeness (QED) is 0.343. The summed E-state index contributed by atoms with van der Waals surface area (Å²) < 4.78 is 28.9. The van der Waals surface area contributed by atoms with Crippen LogP contribution in [0.25, 0.3) is 0 Å². The smallest absolute Gasteiger partial charge is 0.305 e. The van der Waals surface area contributed by atoms with Crippen molar-refractivity contribution in [2.75, 3.05) is 6.61 Å². The van der Waals surface area contributed by atoms with Crippen LogP contribution in [0.15, 0.2) is 0 Å². The van der Waals surface area contributed by atoms with Gasteiger partial charge < -0.3 is 4.74 Å². The molecule has 0 atom stereocenters. The normalized spacial score (nSPS) is 8.53. The molecule has 0 unspecified atom stereocenters. The summed E-state index contributed by atoms with van der Waals surface area (Å²) in [5.74, 6) is -0.0593. The molecule has 0 aromatic heterocycles. The van der Waals surface area contributed by atoms with Gasteiger partial charge in [-0.15, -0.1) is 0 Å². The molecule has 0 rings (SSSR count). The van der Waals surface area contributed by atoms with Crippen LogP contribution < -0.4 is 0 Å². The number of esters is 1. The summed E-state index contributed by atoms with van der Waals surface area (Å²) in [6, 6.07) is 0. The van der Waals surface area contributed by atoms with Crippen molar-refractivity contribution in [3.63, 3.8) is 0 Å². The van der Waals surface area contributed by atoms with Crippen LogP contribution >= 0.6 is 0 Å². The SMILES string of the molecule is CCCCCC(=O)OCC.O=[SH](=O)O.[Co]. The Morgan fingerprint density at radius 2 is 1.73 bits per heavy atom. The van der Waals surface area contributed by atoms with Gasteiger partial charge >= 0.3 is 5.97 Å². The molecule has 0 saturated carbocycles. The Morgan fingerprint density at radius 1 is 1.27 bits per heavy atom. The van der Waals surface area contributed by atoms with Crippen molar-refractivity contribution in [1.82, 2.24) is 0 Å². The number of hydrogen-bond acceptors (Lipinski definition) is 4. The molecule has 0 spiro atoms. The van der Waals surface area contributed by atoms with Crippen LogP contribution in [0.3, 0.4) is 0 Å². The van der Waals surface area contributed by atoms with Gasteiger partial charge in [0.25, 0.3) is 11.0 Å². The molecule has 0 fully saturated rings. The first-order valence-corrected chi connectivity index (χ1v) is 5.66. The van der Waals surface area contributed by atoms with Gasteiger partial charge in [-0.3, -0.25) is 9.35 Å². The Morgan fingerprint density at radius 3 is 2.07 bits per heavy atom. The summed E-state index contributed by atoms with van der Waals surface area (Å²) in [7, 11) is -3.12. The summed E-state index contributed by atoms with van der Waals surface area (Å²) in [4.78, 5) is 10.7. The predicted octanol–water partition coefficient (Wildman–Crippen LogP) is 1.20. The molecule has 0 heterocycles. The summed E-state index contributed by atoms with van der Waals surface area (Å²) in [6.45, 7) is 4.45. The third kappa shape index (κ3) is 31.5. The Labute approximate surface area is 103 Å². The summed E-state index contributed by atoms with van der Waals surface area (Å²) in [5, 5.41) is 0. The monoisotopic (exact) mass is 285 g/mol. The van der Waals surface area contributed by atoms with E-state index in [2.05, 4.69) is 6.92 Å². The molecule has 0 aromatic rings. The zero-order valence-electron chi connectivity index (χ0n) is 8.90. The van der Waals surface area contributed by atoms with Crippen molar-refractivity contribution in [2.45, 2.75) is 39.5 Å². The second-order valence-electron chi connectivity index (χ2n) is 2.50. The largest absolute Gasteiger partial charge is 0.466 e. The van der Waals surface area contributed by atoms with Gasteiger partial charge in [-0.25, -0.2) is 8.42 Å². The minimum Gasteiger partial charge on any atom is -0.466 e. The molecular formula is C8H18CoO5S. The first-order valence-electron chi connectivity index (χ1n) is 4.53. The predicted molar refractivity (Wildman–Crippen MR) is 53.7 cm³/mol. The fourth-order valence-electron chi connectivity index (χ4n) is 0.752. The van der Waals surface area contributed by atoms with E-state index in [1.54, 1.807) is 0 Å². The van der Waals surface area contributed by atoms with E-state index in [0.717, 1.165) is 19.3 Å². The van der Waals surface area contributed by atoms with E-state index in [1.807, 2.05) is 6.92 Å². The molecular weight excluding hydrogens is 267 g/mol. The molecule has 95 valence electrons. The minimum atomic E-state index is -3.12. The summed E-state index contributed by atoms with van der Waals surface area (Å²) in [5.41, 5.74) is 0. The van der Waals surface area contributed by atoms with Gasteiger partial charge in [-0.1, -0.05) is 19.8 Å². The van der Waals surface area contributed by atoms with Crippen LogP contribution in [0.5, 0.6) is 0 Å². The first-order chi connectivity index (χ1) is 6.54. The molecule has 15 heavy (non-hydrogen) atoms. The van der Waals surface area contributed by atoms with Crippen LogP contribution in [0.2, 0.25) is 0 Å². The summed E-state index contributed by atoms with van der Waals surface area (Å²) in [6.07, 6.45) is 3.83. The number of unbranched alkanes of at least 4 members (excludes halogenated alkanes) is 2. The Balaban J connectivity index is -0.000000249. The van der Waals surface area contributed by atoms with Gasteiger partial charge in [0.15, 0.2) is 0 Å². The Kier molecular flexibility index (Phi) is 22.1. The average molecular weight is 285 g/mol. The maximum absolute atomic E-state index is 10.7. The van der Waals surface area contributed by atoms with Crippen LogP contribution in [0, 0.1) is 0 Å². The van der Waals surface area contributed by atoms with Crippen LogP contribution in [0.4, 0.5) is 0 Å².